The predicted octanol–water partition coefficient (Wildman–Crippen LogP) is 5.19. The van der Waals surface area contributed by atoms with E-state index in [0.717, 1.165) is 12.1 Å². The summed E-state index contributed by atoms with van der Waals surface area (Å²) in [7, 11) is 5.20. The molecule has 1 aromatic rings. The Kier molecular flexibility index (Phi) is 12.8. The molecule has 24 heavy (non-hydrogen) atoms. The molecule has 2 radical (unpaired) electrons. The van der Waals surface area contributed by atoms with Crippen molar-refractivity contribution in [1.82, 2.24) is 4.90 Å². The van der Waals surface area contributed by atoms with Crippen molar-refractivity contribution >= 4 is 13.3 Å². The highest BCUT2D eigenvalue weighted by Gasteiger charge is 2.29. The molecule has 136 valence electrons. The number of alkyl halides is 3. The summed E-state index contributed by atoms with van der Waals surface area (Å²) >= 11 is 0. The normalized spacial score (nSPS) is 11.3. The molecule has 1 rings (SSSR count). The van der Waals surface area contributed by atoms with Gasteiger partial charge in [-0.05, 0) is 38.9 Å². The third-order valence-corrected chi connectivity index (χ3v) is 3.72. The van der Waals surface area contributed by atoms with E-state index in [2.05, 4.69) is 25.7 Å². The number of hydrogen-bond acceptors (Lipinski definition) is 1. The minimum Gasteiger partial charge on any atom is -0.303 e. The van der Waals surface area contributed by atoms with Crippen molar-refractivity contribution in [3.63, 3.8) is 0 Å². The van der Waals surface area contributed by atoms with Gasteiger partial charge in [0, 0.05) is 0 Å². The SMILES string of the molecule is CCCCN(CCCC)CCCC.[B]c1ccc(C(F)(F)F)cc1. The van der Waals surface area contributed by atoms with E-state index in [9.17, 15) is 13.2 Å². The molecule has 0 atom stereocenters. The summed E-state index contributed by atoms with van der Waals surface area (Å²) in [4.78, 5) is 2.64. The van der Waals surface area contributed by atoms with Crippen molar-refractivity contribution < 1.29 is 13.2 Å². The second-order valence-corrected chi connectivity index (χ2v) is 6.02. The summed E-state index contributed by atoms with van der Waals surface area (Å²) in [6.45, 7) is 10.8. The maximum Gasteiger partial charge on any atom is 0.416 e. The minimum atomic E-state index is -4.27. The molecule has 0 fully saturated rings. The van der Waals surface area contributed by atoms with Crippen LogP contribution in [0.5, 0.6) is 0 Å². The second kappa shape index (κ2) is 13.3. The fraction of sp³-hybridized carbons (Fsp3) is 0.684. The van der Waals surface area contributed by atoms with Gasteiger partial charge in [-0.3, -0.25) is 0 Å². The van der Waals surface area contributed by atoms with Crippen LogP contribution in [0.2, 0.25) is 0 Å². The maximum atomic E-state index is 11.9. The topological polar surface area (TPSA) is 3.24 Å². The third kappa shape index (κ3) is 11.6. The average molecular weight is 341 g/mol. The zero-order valence-corrected chi connectivity index (χ0v) is 15.3. The van der Waals surface area contributed by atoms with Crippen LogP contribution in [-0.4, -0.2) is 32.4 Å². The first-order valence-electron chi connectivity index (χ1n) is 9.00. The number of benzene rings is 1. The van der Waals surface area contributed by atoms with E-state index < -0.39 is 11.7 Å². The van der Waals surface area contributed by atoms with Crippen LogP contribution in [0.25, 0.3) is 0 Å². The molecule has 0 saturated carbocycles. The van der Waals surface area contributed by atoms with Crippen LogP contribution in [-0.2, 0) is 6.18 Å². The Morgan fingerprint density at radius 2 is 1.17 bits per heavy atom. The number of unbranched alkanes of at least 4 members (excludes halogenated alkanes) is 3. The van der Waals surface area contributed by atoms with Gasteiger partial charge in [-0.2, -0.15) is 13.2 Å². The first-order chi connectivity index (χ1) is 11.3. The quantitative estimate of drug-likeness (QED) is 0.559. The Morgan fingerprint density at radius 1 is 0.792 bits per heavy atom. The van der Waals surface area contributed by atoms with Crippen molar-refractivity contribution in [2.24, 2.45) is 0 Å². The molecular formula is C19H31BF3N. The first kappa shape index (κ1) is 23.0. The van der Waals surface area contributed by atoms with Crippen molar-refractivity contribution in [3.8, 4) is 0 Å². The van der Waals surface area contributed by atoms with Gasteiger partial charge in [-0.1, -0.05) is 69.8 Å². The van der Waals surface area contributed by atoms with Crippen LogP contribution in [0, 0.1) is 0 Å². The Balaban J connectivity index is 0.000000446. The van der Waals surface area contributed by atoms with Crippen molar-refractivity contribution in [3.05, 3.63) is 29.8 Å². The summed E-state index contributed by atoms with van der Waals surface area (Å²) in [6, 6.07) is 4.36. The van der Waals surface area contributed by atoms with Gasteiger partial charge < -0.3 is 4.90 Å². The molecule has 0 spiro atoms. The average Bonchev–Trinajstić information content (AvgIpc) is 2.54. The highest BCUT2D eigenvalue weighted by Crippen LogP contribution is 2.27. The largest absolute Gasteiger partial charge is 0.416 e. The summed E-state index contributed by atoms with van der Waals surface area (Å²) < 4.78 is 35.6. The van der Waals surface area contributed by atoms with E-state index in [1.165, 1.54) is 70.3 Å². The monoisotopic (exact) mass is 341 g/mol. The number of nitrogens with zero attached hydrogens (tertiary/aromatic N) is 1. The fourth-order valence-corrected chi connectivity index (χ4v) is 2.15. The molecule has 1 nitrogen and oxygen atoms in total. The van der Waals surface area contributed by atoms with E-state index >= 15 is 0 Å². The third-order valence-electron chi connectivity index (χ3n) is 3.72. The highest BCUT2D eigenvalue weighted by molar-refractivity contribution is 6.32. The van der Waals surface area contributed by atoms with Crippen LogP contribution < -0.4 is 5.46 Å². The minimum absolute atomic E-state index is 0.331. The second-order valence-electron chi connectivity index (χ2n) is 6.02. The zero-order chi connectivity index (χ0) is 18.4. The molecule has 0 bridgehead atoms. The Morgan fingerprint density at radius 3 is 1.46 bits per heavy atom. The number of rotatable bonds is 9. The number of halogens is 3. The van der Waals surface area contributed by atoms with E-state index in [4.69, 9.17) is 7.85 Å². The molecule has 0 aromatic heterocycles. The molecule has 0 amide bonds. The van der Waals surface area contributed by atoms with Gasteiger partial charge in [-0.15, -0.1) is 0 Å². The summed E-state index contributed by atoms with van der Waals surface area (Å²) in [6.07, 6.45) is 3.82. The van der Waals surface area contributed by atoms with Crippen LogP contribution in [0.1, 0.15) is 64.9 Å². The van der Waals surface area contributed by atoms with Crippen LogP contribution >= 0.6 is 0 Å². The van der Waals surface area contributed by atoms with Crippen molar-refractivity contribution in [1.29, 1.82) is 0 Å². The van der Waals surface area contributed by atoms with E-state index in [1.54, 1.807) is 0 Å². The Hall–Kier alpha value is -0.965. The summed E-state index contributed by atoms with van der Waals surface area (Å²) in [5.41, 5.74) is -0.343. The van der Waals surface area contributed by atoms with Gasteiger partial charge in [0.05, 0.1) is 5.56 Å². The van der Waals surface area contributed by atoms with Gasteiger partial charge in [0.1, 0.15) is 7.85 Å². The van der Waals surface area contributed by atoms with E-state index in [0.29, 0.717) is 5.46 Å². The predicted molar refractivity (Wildman–Crippen MR) is 98.0 cm³/mol. The molecule has 0 unspecified atom stereocenters. The smallest absolute Gasteiger partial charge is 0.303 e. The van der Waals surface area contributed by atoms with Crippen molar-refractivity contribution in [2.75, 3.05) is 19.6 Å². The number of hydrogen-bond donors (Lipinski definition) is 0. The lowest BCUT2D eigenvalue weighted by Crippen LogP contribution is -2.27. The molecule has 0 aliphatic carbocycles. The fourth-order valence-electron chi connectivity index (χ4n) is 2.15. The molecule has 0 aliphatic rings. The Bertz CT molecular complexity index is 385. The highest BCUT2D eigenvalue weighted by atomic mass is 19.4. The van der Waals surface area contributed by atoms with Gasteiger partial charge >= 0.3 is 6.18 Å². The summed E-state index contributed by atoms with van der Waals surface area (Å²) in [5.74, 6) is 0. The molecule has 5 heteroatoms. The standard InChI is InChI=1S/C12H27N.C7H4BF3/c1-4-7-10-13(11-8-5-2)12-9-6-3;8-6-3-1-5(2-4-6)7(9,10)11/h4-12H2,1-3H3;1-4H. The van der Waals surface area contributed by atoms with E-state index in [1.807, 2.05) is 0 Å². The first-order valence-corrected chi connectivity index (χ1v) is 9.00. The molecular weight excluding hydrogens is 310 g/mol. The lowest BCUT2D eigenvalue weighted by atomic mass is 9.95. The Labute approximate surface area is 147 Å². The van der Waals surface area contributed by atoms with Crippen LogP contribution in [0.4, 0.5) is 13.2 Å². The van der Waals surface area contributed by atoms with Gasteiger partial charge in [-0.25, -0.2) is 0 Å². The maximum absolute atomic E-state index is 11.9. The van der Waals surface area contributed by atoms with Gasteiger partial charge in [0.15, 0.2) is 0 Å². The lowest BCUT2D eigenvalue weighted by molar-refractivity contribution is -0.137. The summed E-state index contributed by atoms with van der Waals surface area (Å²) in [5, 5.41) is 0. The lowest BCUT2D eigenvalue weighted by Gasteiger charge is -2.21. The van der Waals surface area contributed by atoms with E-state index in [-0.39, 0.29) is 0 Å². The molecule has 0 aliphatic heterocycles. The zero-order valence-electron chi connectivity index (χ0n) is 15.3. The molecule has 0 saturated heterocycles. The van der Waals surface area contributed by atoms with Gasteiger partial charge in [0.25, 0.3) is 0 Å². The van der Waals surface area contributed by atoms with Crippen LogP contribution in [0.3, 0.4) is 0 Å². The molecule has 1 aromatic carbocycles. The van der Waals surface area contributed by atoms with Gasteiger partial charge in [0.2, 0.25) is 0 Å². The van der Waals surface area contributed by atoms with Crippen molar-refractivity contribution in [2.45, 2.75) is 65.5 Å². The van der Waals surface area contributed by atoms with Crippen LogP contribution in [0.15, 0.2) is 24.3 Å². The molecule has 0 N–H and O–H groups in total. The molecule has 0 heterocycles.